The van der Waals surface area contributed by atoms with E-state index in [1.165, 1.54) is 17.2 Å². The quantitative estimate of drug-likeness (QED) is 0.733. The molecular formula is C18H19BrFN. The molecule has 0 saturated heterocycles. The molecule has 0 saturated carbocycles. The summed E-state index contributed by atoms with van der Waals surface area (Å²) in [5.74, 6) is -0.211. The largest absolute Gasteiger partial charge is 0.375 e. The second-order valence-electron chi connectivity index (χ2n) is 6.39. The van der Waals surface area contributed by atoms with Crippen molar-refractivity contribution in [3.05, 3.63) is 63.9 Å². The molecule has 2 aromatic carbocycles. The Morgan fingerprint density at radius 3 is 2.76 bits per heavy atom. The predicted molar refractivity (Wildman–Crippen MR) is 89.0 cm³/mol. The Kier molecular flexibility index (Phi) is 3.78. The van der Waals surface area contributed by atoms with Crippen LogP contribution in [0.15, 0.2) is 46.9 Å². The average molecular weight is 348 g/mol. The normalized spacial score (nSPS) is 19.9. The van der Waals surface area contributed by atoms with Gasteiger partial charge in [0.2, 0.25) is 0 Å². The summed E-state index contributed by atoms with van der Waals surface area (Å²) in [6, 6.07) is 13.6. The highest BCUT2D eigenvalue weighted by atomic mass is 79.9. The SMILES string of the molecule is CC1(C)CCc2ccccc2C1Nc1cc(Br)ccc1F. The number of fused-ring (bicyclic) bond motifs is 1. The molecule has 0 radical (unpaired) electrons. The molecule has 110 valence electrons. The van der Waals surface area contributed by atoms with Gasteiger partial charge in [-0.3, -0.25) is 0 Å². The van der Waals surface area contributed by atoms with Crippen LogP contribution in [0.25, 0.3) is 0 Å². The van der Waals surface area contributed by atoms with Gasteiger partial charge in [-0.1, -0.05) is 54.0 Å². The summed E-state index contributed by atoms with van der Waals surface area (Å²) in [5.41, 5.74) is 3.29. The minimum atomic E-state index is -0.211. The van der Waals surface area contributed by atoms with Gasteiger partial charge in [0.1, 0.15) is 5.82 Å². The first kappa shape index (κ1) is 14.6. The van der Waals surface area contributed by atoms with Gasteiger partial charge >= 0.3 is 0 Å². The molecule has 21 heavy (non-hydrogen) atoms. The molecule has 0 aliphatic heterocycles. The summed E-state index contributed by atoms with van der Waals surface area (Å²) in [6.45, 7) is 4.49. The third-order valence-electron chi connectivity index (χ3n) is 4.41. The molecule has 1 N–H and O–H groups in total. The van der Waals surface area contributed by atoms with E-state index in [0.29, 0.717) is 5.69 Å². The summed E-state index contributed by atoms with van der Waals surface area (Å²) in [4.78, 5) is 0. The highest BCUT2D eigenvalue weighted by Crippen LogP contribution is 2.45. The Balaban J connectivity index is 2.01. The van der Waals surface area contributed by atoms with E-state index in [0.717, 1.165) is 17.3 Å². The van der Waals surface area contributed by atoms with Crippen LogP contribution in [-0.2, 0) is 6.42 Å². The smallest absolute Gasteiger partial charge is 0.146 e. The highest BCUT2D eigenvalue weighted by molar-refractivity contribution is 9.10. The minimum Gasteiger partial charge on any atom is -0.375 e. The van der Waals surface area contributed by atoms with Crippen LogP contribution >= 0.6 is 15.9 Å². The zero-order valence-electron chi connectivity index (χ0n) is 12.3. The second kappa shape index (κ2) is 5.45. The Morgan fingerprint density at radius 2 is 1.95 bits per heavy atom. The summed E-state index contributed by atoms with van der Waals surface area (Å²) in [5, 5.41) is 3.43. The monoisotopic (exact) mass is 347 g/mol. The lowest BCUT2D eigenvalue weighted by molar-refractivity contribution is 0.265. The molecule has 1 nitrogen and oxygen atoms in total. The van der Waals surface area contributed by atoms with E-state index < -0.39 is 0 Å². The maximum atomic E-state index is 14.1. The topological polar surface area (TPSA) is 12.0 Å². The van der Waals surface area contributed by atoms with Gasteiger partial charge in [-0.25, -0.2) is 4.39 Å². The van der Waals surface area contributed by atoms with Gasteiger partial charge in [-0.05, 0) is 47.6 Å². The van der Waals surface area contributed by atoms with Gasteiger partial charge in [0.15, 0.2) is 0 Å². The molecule has 1 aliphatic rings. The summed E-state index contributed by atoms with van der Waals surface area (Å²) >= 11 is 3.41. The highest BCUT2D eigenvalue weighted by Gasteiger charge is 2.36. The van der Waals surface area contributed by atoms with Crippen LogP contribution in [0.5, 0.6) is 0 Å². The number of nitrogens with one attached hydrogen (secondary N) is 1. The lowest BCUT2D eigenvalue weighted by atomic mass is 9.70. The fourth-order valence-corrected chi connectivity index (χ4v) is 3.46. The molecule has 0 amide bonds. The van der Waals surface area contributed by atoms with Gasteiger partial charge in [0, 0.05) is 4.47 Å². The molecule has 3 rings (SSSR count). The molecule has 1 unspecified atom stereocenters. The molecule has 0 heterocycles. The van der Waals surface area contributed by atoms with Crippen molar-refractivity contribution in [2.75, 3.05) is 5.32 Å². The predicted octanol–water partition coefficient (Wildman–Crippen LogP) is 5.71. The van der Waals surface area contributed by atoms with E-state index >= 15 is 0 Å². The van der Waals surface area contributed by atoms with Crippen molar-refractivity contribution in [3.8, 4) is 0 Å². The van der Waals surface area contributed by atoms with Crippen molar-refractivity contribution in [1.29, 1.82) is 0 Å². The maximum absolute atomic E-state index is 14.1. The molecule has 0 aromatic heterocycles. The first-order valence-electron chi connectivity index (χ1n) is 7.27. The van der Waals surface area contributed by atoms with Crippen LogP contribution in [0.2, 0.25) is 0 Å². The van der Waals surface area contributed by atoms with E-state index in [1.54, 1.807) is 6.07 Å². The zero-order chi connectivity index (χ0) is 15.0. The van der Waals surface area contributed by atoms with Gasteiger partial charge in [0.05, 0.1) is 11.7 Å². The summed E-state index contributed by atoms with van der Waals surface area (Å²) in [6.07, 6.45) is 2.18. The molecular weight excluding hydrogens is 329 g/mol. The standard InChI is InChI=1S/C18H19BrFN/c1-18(2)10-9-12-5-3-4-6-14(12)17(18)21-16-11-13(19)7-8-15(16)20/h3-8,11,17,21H,9-10H2,1-2H3. The molecule has 1 atom stereocenters. The average Bonchev–Trinajstić information content (AvgIpc) is 2.46. The molecule has 0 bridgehead atoms. The molecule has 1 aliphatic carbocycles. The summed E-state index contributed by atoms with van der Waals surface area (Å²) in [7, 11) is 0. The zero-order valence-corrected chi connectivity index (χ0v) is 13.9. The Hall–Kier alpha value is -1.35. The molecule has 3 heteroatoms. The Bertz CT molecular complexity index is 666. The first-order valence-corrected chi connectivity index (χ1v) is 8.06. The van der Waals surface area contributed by atoms with Crippen molar-refractivity contribution in [3.63, 3.8) is 0 Å². The maximum Gasteiger partial charge on any atom is 0.146 e. The first-order chi connectivity index (χ1) is 9.97. The molecule has 2 aromatic rings. The third kappa shape index (κ3) is 2.84. The van der Waals surface area contributed by atoms with Crippen molar-refractivity contribution in [2.45, 2.75) is 32.7 Å². The van der Waals surface area contributed by atoms with E-state index in [4.69, 9.17) is 0 Å². The Labute approximate surface area is 133 Å². The third-order valence-corrected chi connectivity index (χ3v) is 4.91. The number of anilines is 1. The van der Waals surface area contributed by atoms with E-state index in [2.05, 4.69) is 59.4 Å². The number of hydrogen-bond donors (Lipinski definition) is 1. The summed E-state index contributed by atoms with van der Waals surface area (Å²) < 4.78 is 15.0. The Morgan fingerprint density at radius 1 is 1.19 bits per heavy atom. The van der Waals surface area contributed by atoms with Crippen LogP contribution in [0.1, 0.15) is 37.4 Å². The molecule has 0 spiro atoms. The molecule has 0 fully saturated rings. The fraction of sp³-hybridized carbons (Fsp3) is 0.333. The van der Waals surface area contributed by atoms with Crippen molar-refractivity contribution < 1.29 is 4.39 Å². The minimum absolute atomic E-state index is 0.0864. The van der Waals surface area contributed by atoms with Crippen LogP contribution in [-0.4, -0.2) is 0 Å². The number of hydrogen-bond acceptors (Lipinski definition) is 1. The van der Waals surface area contributed by atoms with Crippen molar-refractivity contribution >= 4 is 21.6 Å². The van der Waals surface area contributed by atoms with Crippen LogP contribution in [0.4, 0.5) is 10.1 Å². The number of rotatable bonds is 2. The van der Waals surface area contributed by atoms with E-state index in [-0.39, 0.29) is 17.3 Å². The van der Waals surface area contributed by atoms with Crippen LogP contribution < -0.4 is 5.32 Å². The van der Waals surface area contributed by atoms with Crippen LogP contribution in [0, 0.1) is 11.2 Å². The number of aryl methyl sites for hydroxylation is 1. The second-order valence-corrected chi connectivity index (χ2v) is 7.30. The van der Waals surface area contributed by atoms with E-state index in [9.17, 15) is 4.39 Å². The van der Waals surface area contributed by atoms with Crippen molar-refractivity contribution in [2.24, 2.45) is 5.41 Å². The van der Waals surface area contributed by atoms with Gasteiger partial charge < -0.3 is 5.32 Å². The fourth-order valence-electron chi connectivity index (χ4n) is 3.10. The van der Waals surface area contributed by atoms with Crippen LogP contribution in [0.3, 0.4) is 0 Å². The lowest BCUT2D eigenvalue weighted by Gasteiger charge is -2.41. The van der Waals surface area contributed by atoms with Gasteiger partial charge in [-0.15, -0.1) is 0 Å². The van der Waals surface area contributed by atoms with Gasteiger partial charge in [-0.2, -0.15) is 0 Å². The number of halogens is 2. The van der Waals surface area contributed by atoms with E-state index in [1.807, 2.05) is 6.07 Å². The van der Waals surface area contributed by atoms with Gasteiger partial charge in [0.25, 0.3) is 0 Å². The lowest BCUT2D eigenvalue weighted by Crippen LogP contribution is -2.33. The number of benzene rings is 2. The van der Waals surface area contributed by atoms with Crippen molar-refractivity contribution in [1.82, 2.24) is 0 Å².